The number of esters is 1. The highest BCUT2D eigenvalue weighted by Gasteiger charge is 2.21. The summed E-state index contributed by atoms with van der Waals surface area (Å²) in [7, 11) is 0. The fourth-order valence-electron chi connectivity index (χ4n) is 4.41. The Hall–Kier alpha value is -2.35. The molecule has 0 atom stereocenters. The summed E-state index contributed by atoms with van der Waals surface area (Å²) in [6, 6.07) is 12.4. The molecule has 31 heavy (non-hydrogen) atoms. The molecule has 0 saturated heterocycles. The van der Waals surface area contributed by atoms with Crippen molar-refractivity contribution in [1.29, 1.82) is 0 Å². The van der Waals surface area contributed by atoms with E-state index in [1.54, 1.807) is 0 Å². The maximum Gasteiger partial charge on any atom is 0.339 e. The Labute approximate surface area is 188 Å². The third kappa shape index (κ3) is 6.32. The number of carbonyl (C=O) groups excluding carboxylic acids is 1. The lowest BCUT2D eigenvalue weighted by molar-refractivity contribution is -0.132. The fraction of sp³-hybridized carbons (Fsp3) is 0.483. The molecule has 1 aliphatic carbocycles. The van der Waals surface area contributed by atoms with Crippen LogP contribution in [0.5, 0.6) is 0 Å². The van der Waals surface area contributed by atoms with Gasteiger partial charge in [0.05, 0.1) is 0 Å². The molecule has 2 aromatic carbocycles. The number of benzene rings is 2. The highest BCUT2D eigenvalue weighted by molar-refractivity contribution is 6.09. The van der Waals surface area contributed by atoms with Crippen molar-refractivity contribution in [3.63, 3.8) is 0 Å². The maximum atomic E-state index is 12.8. The van der Waals surface area contributed by atoms with Crippen molar-refractivity contribution in [2.45, 2.75) is 91.4 Å². The second kappa shape index (κ2) is 11.9. The number of rotatable bonds is 13. The molecule has 0 heterocycles. The van der Waals surface area contributed by atoms with Gasteiger partial charge in [-0.3, -0.25) is 0 Å². The molecule has 2 nitrogen and oxygen atoms in total. The van der Waals surface area contributed by atoms with Crippen molar-refractivity contribution in [2.75, 3.05) is 0 Å². The molecule has 1 aliphatic rings. The van der Waals surface area contributed by atoms with Crippen LogP contribution in [-0.2, 0) is 9.53 Å². The number of hydrogen-bond acceptors (Lipinski definition) is 2. The molecule has 0 aliphatic heterocycles. The van der Waals surface area contributed by atoms with E-state index < -0.39 is 0 Å². The largest absolute Gasteiger partial charge is 0.422 e. The Kier molecular flexibility index (Phi) is 8.94. The van der Waals surface area contributed by atoms with Gasteiger partial charge in [-0.2, -0.15) is 0 Å². The average molecular weight is 419 g/mol. The predicted molar refractivity (Wildman–Crippen MR) is 133 cm³/mol. The third-order valence-corrected chi connectivity index (χ3v) is 6.54. The van der Waals surface area contributed by atoms with Gasteiger partial charge in [0.15, 0.2) is 0 Å². The van der Waals surface area contributed by atoms with Gasteiger partial charge in [-0.1, -0.05) is 107 Å². The van der Waals surface area contributed by atoms with E-state index in [4.69, 9.17) is 4.74 Å². The van der Waals surface area contributed by atoms with Crippen LogP contribution < -0.4 is 0 Å². The fourth-order valence-corrected chi connectivity index (χ4v) is 4.41. The highest BCUT2D eigenvalue weighted by Crippen LogP contribution is 2.37. The third-order valence-electron chi connectivity index (χ3n) is 6.54. The molecule has 0 saturated carbocycles. The van der Waals surface area contributed by atoms with E-state index in [1.165, 1.54) is 68.6 Å². The van der Waals surface area contributed by atoms with E-state index >= 15 is 0 Å². The summed E-state index contributed by atoms with van der Waals surface area (Å²) in [6.07, 6.45) is 16.3. The van der Waals surface area contributed by atoms with Crippen molar-refractivity contribution in [1.82, 2.24) is 0 Å². The van der Waals surface area contributed by atoms with Gasteiger partial charge >= 0.3 is 5.97 Å². The molecule has 166 valence electrons. The molecule has 0 bridgehead atoms. The van der Waals surface area contributed by atoms with Gasteiger partial charge in [0.1, 0.15) is 5.76 Å². The van der Waals surface area contributed by atoms with E-state index in [0.717, 1.165) is 35.1 Å². The standard InChI is InChI=1S/C29H38O2/c1-4-5-6-7-8-9-10-11-12-13-16-22(2)23(3)29(30)31-27-21-25-19-14-17-24-18-15-20-26(27)28(24)25/h14-15,17-21H,4-13,16H2,1-3H3. The first-order valence-corrected chi connectivity index (χ1v) is 12.2. The van der Waals surface area contributed by atoms with Gasteiger partial charge in [0.2, 0.25) is 0 Å². The molecule has 2 aromatic rings. The van der Waals surface area contributed by atoms with Gasteiger partial charge in [0, 0.05) is 11.1 Å². The lowest BCUT2D eigenvalue weighted by Crippen LogP contribution is -2.06. The van der Waals surface area contributed by atoms with Crippen LogP contribution in [0, 0.1) is 0 Å². The zero-order chi connectivity index (χ0) is 22.1. The topological polar surface area (TPSA) is 26.3 Å². The highest BCUT2D eigenvalue weighted by atomic mass is 16.5. The minimum Gasteiger partial charge on any atom is -0.422 e. The zero-order valence-corrected chi connectivity index (χ0v) is 19.6. The number of hydrogen-bond donors (Lipinski definition) is 0. The lowest BCUT2D eigenvalue weighted by Gasteiger charge is -2.10. The van der Waals surface area contributed by atoms with Crippen LogP contribution in [0.3, 0.4) is 0 Å². The van der Waals surface area contributed by atoms with Gasteiger partial charge in [-0.25, -0.2) is 4.79 Å². The zero-order valence-electron chi connectivity index (χ0n) is 19.6. The van der Waals surface area contributed by atoms with Crippen molar-refractivity contribution < 1.29 is 9.53 Å². The number of allylic oxidation sites excluding steroid dienone is 1. The summed E-state index contributed by atoms with van der Waals surface area (Å²) >= 11 is 0. The summed E-state index contributed by atoms with van der Waals surface area (Å²) in [5.74, 6) is 0.448. The monoisotopic (exact) mass is 418 g/mol. The smallest absolute Gasteiger partial charge is 0.339 e. The van der Waals surface area contributed by atoms with E-state index in [1.807, 2.05) is 31.2 Å². The van der Waals surface area contributed by atoms with Crippen LogP contribution in [0.4, 0.5) is 0 Å². The summed E-state index contributed by atoms with van der Waals surface area (Å²) in [5.41, 5.74) is 4.04. The van der Waals surface area contributed by atoms with E-state index in [0.29, 0.717) is 5.76 Å². The normalized spacial score (nSPS) is 13.3. The molecule has 0 aromatic heterocycles. The summed E-state index contributed by atoms with van der Waals surface area (Å²) < 4.78 is 5.83. The van der Waals surface area contributed by atoms with Crippen LogP contribution >= 0.6 is 0 Å². The Morgan fingerprint density at radius 2 is 1.42 bits per heavy atom. The Bertz CT molecular complexity index is 943. The molecule has 0 spiro atoms. The molecule has 0 N–H and O–H groups in total. The molecular formula is C29H38O2. The number of unbranched alkanes of at least 4 members (excludes halogenated alkanes) is 9. The molecule has 2 heteroatoms. The van der Waals surface area contributed by atoms with E-state index in [9.17, 15) is 4.79 Å². The average Bonchev–Trinajstić information content (AvgIpc) is 3.13. The van der Waals surface area contributed by atoms with Crippen LogP contribution in [-0.4, -0.2) is 5.97 Å². The van der Waals surface area contributed by atoms with Gasteiger partial charge in [-0.05, 0) is 49.1 Å². The minimum atomic E-state index is -0.222. The van der Waals surface area contributed by atoms with Crippen molar-refractivity contribution in [3.05, 3.63) is 58.7 Å². The second-order valence-electron chi connectivity index (χ2n) is 8.99. The number of ether oxygens (including phenoxy) is 1. The Morgan fingerprint density at radius 3 is 2.10 bits per heavy atom. The molecule has 0 fully saturated rings. The predicted octanol–water partition coefficient (Wildman–Crippen LogP) is 8.84. The SMILES string of the molecule is CCCCCCCCCCCCC(C)=C(C)C(=O)OC1=Cc2cccc3cccc1c23. The molecule has 0 unspecified atom stereocenters. The second-order valence-corrected chi connectivity index (χ2v) is 8.99. The molecule has 0 radical (unpaired) electrons. The van der Waals surface area contributed by atoms with Crippen molar-refractivity contribution in [3.8, 4) is 0 Å². The van der Waals surface area contributed by atoms with Crippen LogP contribution in [0.1, 0.15) is 103 Å². The Balaban J connectivity index is 1.42. The molecule has 0 amide bonds. The minimum absolute atomic E-state index is 0.222. The Morgan fingerprint density at radius 1 is 0.806 bits per heavy atom. The van der Waals surface area contributed by atoms with Gasteiger partial charge < -0.3 is 4.74 Å². The summed E-state index contributed by atoms with van der Waals surface area (Å²) in [5, 5.41) is 2.36. The summed E-state index contributed by atoms with van der Waals surface area (Å²) in [4.78, 5) is 12.8. The quantitative estimate of drug-likeness (QED) is 0.184. The first-order chi connectivity index (χ1) is 15.1. The van der Waals surface area contributed by atoms with Gasteiger partial charge in [-0.15, -0.1) is 0 Å². The van der Waals surface area contributed by atoms with Crippen LogP contribution in [0.2, 0.25) is 0 Å². The first kappa shape index (κ1) is 23.3. The van der Waals surface area contributed by atoms with Crippen LogP contribution in [0.25, 0.3) is 22.6 Å². The van der Waals surface area contributed by atoms with Crippen LogP contribution in [0.15, 0.2) is 47.5 Å². The maximum absolute atomic E-state index is 12.8. The van der Waals surface area contributed by atoms with Crippen molar-refractivity contribution in [2.24, 2.45) is 0 Å². The van der Waals surface area contributed by atoms with Gasteiger partial charge in [0.25, 0.3) is 0 Å². The first-order valence-electron chi connectivity index (χ1n) is 12.2. The molecule has 3 rings (SSSR count). The van der Waals surface area contributed by atoms with E-state index in [2.05, 4.69) is 32.0 Å². The lowest BCUT2D eigenvalue weighted by atomic mass is 10.0. The molecular weight excluding hydrogens is 380 g/mol. The number of carbonyl (C=O) groups is 1. The summed E-state index contributed by atoms with van der Waals surface area (Å²) in [6.45, 7) is 6.24. The van der Waals surface area contributed by atoms with Crippen molar-refractivity contribution >= 4 is 28.6 Å². The van der Waals surface area contributed by atoms with E-state index in [-0.39, 0.29) is 5.97 Å².